The third-order valence-corrected chi connectivity index (χ3v) is 4.76. The van der Waals surface area contributed by atoms with Crippen LogP contribution in [0.3, 0.4) is 0 Å². The summed E-state index contributed by atoms with van der Waals surface area (Å²) in [7, 11) is -4.40. The van der Waals surface area contributed by atoms with Crippen LogP contribution in [0, 0.1) is 0 Å². The molecule has 0 spiro atoms. The van der Waals surface area contributed by atoms with Gasteiger partial charge in [-0.3, -0.25) is 4.55 Å². The second-order valence-corrected chi connectivity index (χ2v) is 7.39. The van der Waals surface area contributed by atoms with E-state index in [1.54, 1.807) is 18.2 Å². The Morgan fingerprint density at radius 2 is 1.73 bits per heavy atom. The maximum atomic E-state index is 11.9. The third kappa shape index (κ3) is 7.29. The molecule has 2 aromatic rings. The van der Waals surface area contributed by atoms with Gasteiger partial charge in [-0.15, -0.1) is 5.75 Å². The standard InChI is InChI=1S/C19H24O5S.Na/c1-2-3-4-5-6-9-15-12-16(20)14-17(13-15)24-18-10-7-8-11-19(18)25(21,22)23;/h7-8,10-14,20H,2-6,9H2,1H3,(H,21,22,23);/q;+1/p-1. The van der Waals surface area contributed by atoms with Gasteiger partial charge in [-0.25, -0.2) is 0 Å². The van der Waals surface area contributed by atoms with Gasteiger partial charge in [0.15, 0.2) is 0 Å². The SMILES string of the molecule is CCCCCCCc1cc([O-])cc(Oc2ccccc2S(=O)(=O)O)c1.[Na+]. The van der Waals surface area contributed by atoms with Gasteiger partial charge in [-0.05, 0) is 42.7 Å². The Morgan fingerprint density at radius 1 is 1.04 bits per heavy atom. The zero-order chi connectivity index (χ0) is 18.3. The van der Waals surface area contributed by atoms with E-state index in [1.165, 1.54) is 43.5 Å². The maximum absolute atomic E-state index is 11.9. The van der Waals surface area contributed by atoms with Gasteiger partial charge in [0.25, 0.3) is 10.1 Å². The minimum atomic E-state index is -4.40. The fraction of sp³-hybridized carbons (Fsp3) is 0.368. The summed E-state index contributed by atoms with van der Waals surface area (Å²) in [5.74, 6) is 0.0713. The van der Waals surface area contributed by atoms with Crippen molar-refractivity contribution >= 4 is 10.1 Å². The molecular weight excluding hydrogens is 363 g/mol. The number of unbranched alkanes of at least 4 members (excludes halogenated alkanes) is 4. The molecule has 0 saturated heterocycles. The molecule has 7 heteroatoms. The van der Waals surface area contributed by atoms with E-state index in [1.807, 2.05) is 0 Å². The van der Waals surface area contributed by atoms with Crippen LogP contribution in [0.5, 0.6) is 17.2 Å². The third-order valence-electron chi connectivity index (χ3n) is 3.86. The van der Waals surface area contributed by atoms with E-state index in [0.29, 0.717) is 0 Å². The molecule has 26 heavy (non-hydrogen) atoms. The normalized spacial score (nSPS) is 11.0. The number of hydrogen-bond donors (Lipinski definition) is 1. The van der Waals surface area contributed by atoms with Crippen LogP contribution in [0.1, 0.15) is 44.6 Å². The first-order valence-corrected chi connectivity index (χ1v) is 9.89. The Labute approximate surface area is 177 Å². The van der Waals surface area contributed by atoms with Crippen LogP contribution in [-0.2, 0) is 16.5 Å². The summed E-state index contributed by atoms with van der Waals surface area (Å²) in [6.45, 7) is 2.16. The quantitative estimate of drug-likeness (QED) is 0.399. The molecular formula is C19H23NaO5S. The van der Waals surface area contributed by atoms with Crippen molar-refractivity contribution in [2.75, 3.05) is 0 Å². The first-order valence-electron chi connectivity index (χ1n) is 8.45. The molecule has 136 valence electrons. The molecule has 0 radical (unpaired) electrons. The summed E-state index contributed by atoms with van der Waals surface area (Å²) in [6.07, 6.45) is 6.45. The maximum Gasteiger partial charge on any atom is 1.00 e. The zero-order valence-electron chi connectivity index (χ0n) is 15.3. The Morgan fingerprint density at radius 3 is 2.42 bits per heavy atom. The van der Waals surface area contributed by atoms with E-state index in [4.69, 9.17) is 4.74 Å². The minimum Gasteiger partial charge on any atom is -0.872 e. The minimum absolute atomic E-state index is 0. The van der Waals surface area contributed by atoms with E-state index < -0.39 is 10.1 Å². The number of para-hydroxylation sites is 1. The summed E-state index contributed by atoms with van der Waals surface area (Å²) in [4.78, 5) is -0.326. The van der Waals surface area contributed by atoms with Crippen molar-refractivity contribution in [3.8, 4) is 17.2 Å². The largest absolute Gasteiger partial charge is 1.00 e. The predicted molar refractivity (Wildman–Crippen MR) is 94.7 cm³/mol. The van der Waals surface area contributed by atoms with Crippen LogP contribution in [0.2, 0.25) is 0 Å². The predicted octanol–water partition coefficient (Wildman–Crippen LogP) is 1.32. The van der Waals surface area contributed by atoms with Crippen molar-refractivity contribution in [1.29, 1.82) is 0 Å². The van der Waals surface area contributed by atoms with Crippen molar-refractivity contribution in [2.45, 2.75) is 50.3 Å². The topological polar surface area (TPSA) is 86.7 Å². The molecule has 0 aliphatic heterocycles. The molecule has 0 unspecified atom stereocenters. The molecule has 0 heterocycles. The second kappa shape index (κ2) is 10.9. The van der Waals surface area contributed by atoms with Crippen molar-refractivity contribution in [3.05, 3.63) is 48.0 Å². The van der Waals surface area contributed by atoms with E-state index in [0.717, 1.165) is 24.8 Å². The van der Waals surface area contributed by atoms with E-state index in [9.17, 15) is 18.1 Å². The van der Waals surface area contributed by atoms with Gasteiger partial charge in [0.2, 0.25) is 0 Å². The summed E-state index contributed by atoms with van der Waals surface area (Å²) in [5, 5.41) is 11.9. The number of benzene rings is 2. The van der Waals surface area contributed by atoms with Gasteiger partial charge in [-0.2, -0.15) is 8.42 Å². The molecule has 0 bridgehead atoms. The van der Waals surface area contributed by atoms with Crippen LogP contribution in [0.4, 0.5) is 0 Å². The molecule has 0 saturated carbocycles. The van der Waals surface area contributed by atoms with Gasteiger partial charge >= 0.3 is 29.6 Å². The van der Waals surface area contributed by atoms with Crippen LogP contribution in [0.25, 0.3) is 0 Å². The fourth-order valence-corrected chi connectivity index (χ4v) is 3.26. The van der Waals surface area contributed by atoms with Crippen molar-refractivity contribution < 1.29 is 52.4 Å². The van der Waals surface area contributed by atoms with Gasteiger partial charge in [-0.1, -0.05) is 50.8 Å². The van der Waals surface area contributed by atoms with Gasteiger partial charge in [0, 0.05) is 0 Å². The van der Waals surface area contributed by atoms with Crippen LogP contribution in [-0.4, -0.2) is 13.0 Å². The Kier molecular flexibility index (Phi) is 9.68. The second-order valence-electron chi connectivity index (χ2n) is 6.00. The van der Waals surface area contributed by atoms with Crippen LogP contribution < -0.4 is 39.4 Å². The molecule has 0 aliphatic rings. The van der Waals surface area contributed by atoms with Crippen LogP contribution in [0.15, 0.2) is 47.4 Å². The van der Waals surface area contributed by atoms with E-state index in [-0.39, 0.29) is 51.7 Å². The van der Waals surface area contributed by atoms with Crippen molar-refractivity contribution in [1.82, 2.24) is 0 Å². The van der Waals surface area contributed by atoms with Gasteiger partial charge < -0.3 is 9.84 Å². The van der Waals surface area contributed by atoms with Crippen LogP contribution >= 0.6 is 0 Å². The Hall–Kier alpha value is -1.05. The Bertz CT molecular complexity index is 805. The number of rotatable bonds is 9. The molecule has 0 aromatic heterocycles. The number of hydrogen-bond acceptors (Lipinski definition) is 4. The molecule has 0 aliphatic carbocycles. The molecule has 0 fully saturated rings. The number of aryl methyl sites for hydroxylation is 1. The summed E-state index contributed by atoms with van der Waals surface area (Å²) in [6, 6.07) is 10.4. The zero-order valence-corrected chi connectivity index (χ0v) is 18.1. The van der Waals surface area contributed by atoms with Crippen molar-refractivity contribution in [3.63, 3.8) is 0 Å². The molecule has 1 N–H and O–H groups in total. The Balaban J connectivity index is 0.00000338. The van der Waals surface area contributed by atoms with Crippen molar-refractivity contribution in [2.24, 2.45) is 0 Å². The number of ether oxygens (including phenoxy) is 1. The molecule has 0 amide bonds. The van der Waals surface area contributed by atoms with E-state index >= 15 is 0 Å². The molecule has 2 rings (SSSR count). The average molecular weight is 386 g/mol. The van der Waals surface area contributed by atoms with E-state index in [2.05, 4.69) is 6.92 Å². The van der Waals surface area contributed by atoms with Gasteiger partial charge in [0.1, 0.15) is 16.4 Å². The monoisotopic (exact) mass is 386 g/mol. The molecule has 2 aromatic carbocycles. The summed E-state index contributed by atoms with van der Waals surface area (Å²) in [5.41, 5.74) is 0.864. The summed E-state index contributed by atoms with van der Waals surface area (Å²) < 4.78 is 37.7. The molecule has 0 atom stereocenters. The molecule has 5 nitrogen and oxygen atoms in total. The summed E-state index contributed by atoms with van der Waals surface area (Å²) >= 11 is 0. The first kappa shape index (κ1) is 23.0. The fourth-order valence-electron chi connectivity index (χ4n) is 2.64. The first-order chi connectivity index (χ1) is 11.9. The average Bonchev–Trinajstić information content (AvgIpc) is 2.54. The smallest absolute Gasteiger partial charge is 0.872 e. The van der Waals surface area contributed by atoms with Gasteiger partial charge in [0.05, 0.1) is 0 Å².